The standard InChI is InChI=1S/C20H17ClFN3O6/c1-30-15(27)6-7-31-24-18-16(21)12(14(26)9-23)8-13(17(18)22)25-19(28)10-4-2-3-5-11(10)20(25)29/h8,17H,2-7H2,1H3. The van der Waals surface area contributed by atoms with Crippen LogP contribution in [0.2, 0.25) is 0 Å². The largest absolute Gasteiger partial charge is 0.469 e. The summed E-state index contributed by atoms with van der Waals surface area (Å²) in [4.78, 5) is 54.4. The number of amides is 2. The van der Waals surface area contributed by atoms with Crippen LogP contribution in [0.15, 0.2) is 38.7 Å². The minimum Gasteiger partial charge on any atom is -0.469 e. The molecule has 11 heteroatoms. The maximum absolute atomic E-state index is 15.4. The number of carbonyl (C=O) groups is 4. The Morgan fingerprint density at radius 3 is 2.45 bits per heavy atom. The first-order valence-electron chi connectivity index (χ1n) is 9.39. The van der Waals surface area contributed by atoms with Gasteiger partial charge in [-0.1, -0.05) is 16.8 Å². The van der Waals surface area contributed by atoms with Gasteiger partial charge in [-0.05, 0) is 31.8 Å². The Morgan fingerprint density at radius 2 is 1.90 bits per heavy atom. The summed E-state index contributed by atoms with van der Waals surface area (Å²) in [5, 5.41) is 12.1. The number of oxime groups is 1. The molecule has 0 N–H and O–H groups in total. The monoisotopic (exact) mass is 449 g/mol. The Bertz CT molecular complexity index is 1010. The smallest absolute Gasteiger partial charge is 0.309 e. The molecule has 0 spiro atoms. The summed E-state index contributed by atoms with van der Waals surface area (Å²) in [6.07, 6.45) is 0.814. The van der Waals surface area contributed by atoms with Crippen LogP contribution in [0.4, 0.5) is 4.39 Å². The fraction of sp³-hybridized carbons (Fsp3) is 0.400. The molecule has 1 aliphatic heterocycles. The second-order valence-corrected chi connectivity index (χ2v) is 7.22. The van der Waals surface area contributed by atoms with E-state index in [9.17, 15) is 19.2 Å². The first-order valence-corrected chi connectivity index (χ1v) is 9.77. The van der Waals surface area contributed by atoms with Gasteiger partial charge in [0.1, 0.15) is 18.4 Å². The minimum atomic E-state index is -2.19. The number of nitriles is 1. The molecule has 1 unspecified atom stereocenters. The van der Waals surface area contributed by atoms with Gasteiger partial charge >= 0.3 is 5.97 Å². The van der Waals surface area contributed by atoms with E-state index < -0.39 is 51.8 Å². The molecular formula is C20H17ClFN3O6. The minimum absolute atomic E-state index is 0.183. The van der Waals surface area contributed by atoms with Gasteiger partial charge in [-0.2, -0.15) is 5.26 Å². The van der Waals surface area contributed by atoms with E-state index >= 15 is 4.39 Å². The average molecular weight is 450 g/mol. The number of carbonyl (C=O) groups excluding carboxylic acids is 4. The van der Waals surface area contributed by atoms with Gasteiger partial charge < -0.3 is 9.57 Å². The van der Waals surface area contributed by atoms with Crippen molar-refractivity contribution in [1.82, 2.24) is 4.90 Å². The molecule has 3 aliphatic rings. The zero-order valence-electron chi connectivity index (χ0n) is 16.4. The van der Waals surface area contributed by atoms with Crippen LogP contribution >= 0.6 is 11.6 Å². The fourth-order valence-corrected chi connectivity index (χ4v) is 3.75. The number of hydrogen-bond donors (Lipinski definition) is 0. The SMILES string of the molecule is COC(=O)CCON=C1C(Cl)=C(C(=O)C#N)C=C(N2C(=O)C3=C(CCCC3)C2=O)C1F. The molecule has 1 heterocycles. The van der Waals surface area contributed by atoms with Crippen molar-refractivity contribution in [2.45, 2.75) is 38.3 Å². The highest BCUT2D eigenvalue weighted by molar-refractivity contribution is 6.47. The van der Waals surface area contributed by atoms with Crippen LogP contribution in [0.3, 0.4) is 0 Å². The number of ether oxygens (including phenoxy) is 1. The molecule has 0 radical (unpaired) electrons. The first-order chi connectivity index (χ1) is 14.8. The predicted molar refractivity (Wildman–Crippen MR) is 104 cm³/mol. The van der Waals surface area contributed by atoms with Gasteiger partial charge in [-0.25, -0.2) is 9.29 Å². The second-order valence-electron chi connectivity index (χ2n) is 6.85. The zero-order chi connectivity index (χ0) is 22.7. The van der Waals surface area contributed by atoms with Crippen molar-refractivity contribution in [3.63, 3.8) is 0 Å². The topological polar surface area (TPSA) is 126 Å². The lowest BCUT2D eigenvalue weighted by atomic mass is 9.93. The van der Waals surface area contributed by atoms with E-state index in [1.807, 2.05) is 0 Å². The quantitative estimate of drug-likeness (QED) is 0.199. The summed E-state index contributed by atoms with van der Waals surface area (Å²) in [5.41, 5.74) is -0.832. The maximum Gasteiger partial charge on any atom is 0.309 e. The number of imide groups is 1. The molecule has 1 atom stereocenters. The number of Topliss-reactive ketones (excluding diaryl/α,β-unsaturated/α-hetero) is 1. The van der Waals surface area contributed by atoms with E-state index in [4.69, 9.17) is 21.7 Å². The van der Waals surface area contributed by atoms with Crippen molar-refractivity contribution in [3.05, 3.63) is 33.5 Å². The Balaban J connectivity index is 1.96. The summed E-state index contributed by atoms with van der Waals surface area (Å²) in [5.74, 6) is -3.02. The molecule has 0 aromatic carbocycles. The molecule has 0 aromatic heterocycles. The molecule has 3 rings (SSSR count). The van der Waals surface area contributed by atoms with Crippen molar-refractivity contribution in [1.29, 1.82) is 5.26 Å². The highest BCUT2D eigenvalue weighted by Gasteiger charge is 2.45. The number of methoxy groups -OCH3 is 1. The Kier molecular flexibility index (Phi) is 6.65. The molecule has 31 heavy (non-hydrogen) atoms. The number of allylic oxidation sites excluding steroid dienone is 4. The van der Waals surface area contributed by atoms with Crippen molar-refractivity contribution in [2.75, 3.05) is 13.7 Å². The van der Waals surface area contributed by atoms with E-state index in [0.717, 1.165) is 18.9 Å². The Morgan fingerprint density at radius 1 is 1.29 bits per heavy atom. The van der Waals surface area contributed by atoms with E-state index in [-0.39, 0.29) is 13.0 Å². The van der Waals surface area contributed by atoms with Crippen LogP contribution in [-0.2, 0) is 28.8 Å². The van der Waals surface area contributed by atoms with Crippen LogP contribution in [-0.4, -0.2) is 54.1 Å². The third-order valence-electron chi connectivity index (χ3n) is 5.04. The van der Waals surface area contributed by atoms with Crippen LogP contribution in [0, 0.1) is 11.3 Å². The van der Waals surface area contributed by atoms with E-state index in [2.05, 4.69) is 9.89 Å². The number of halogens is 2. The summed E-state index contributed by atoms with van der Waals surface area (Å²) in [6.45, 7) is -0.273. The third-order valence-corrected chi connectivity index (χ3v) is 5.43. The second kappa shape index (κ2) is 9.22. The van der Waals surface area contributed by atoms with Crippen LogP contribution in [0.5, 0.6) is 0 Å². The number of alkyl halides is 1. The molecule has 9 nitrogen and oxygen atoms in total. The van der Waals surface area contributed by atoms with Gasteiger partial charge in [0.2, 0.25) is 0 Å². The van der Waals surface area contributed by atoms with Crippen LogP contribution in [0.25, 0.3) is 0 Å². The average Bonchev–Trinajstić information content (AvgIpc) is 3.03. The van der Waals surface area contributed by atoms with E-state index in [0.29, 0.717) is 28.9 Å². The van der Waals surface area contributed by atoms with Crippen LogP contribution < -0.4 is 0 Å². The van der Waals surface area contributed by atoms with Crippen molar-refractivity contribution in [2.24, 2.45) is 5.16 Å². The number of esters is 1. The molecule has 0 bridgehead atoms. The third kappa shape index (κ3) is 4.14. The Labute approximate surface area is 181 Å². The van der Waals surface area contributed by atoms with Gasteiger partial charge in [0.05, 0.1) is 29.8 Å². The van der Waals surface area contributed by atoms with Crippen molar-refractivity contribution >= 4 is 40.9 Å². The highest BCUT2D eigenvalue weighted by Crippen LogP contribution is 2.38. The molecule has 162 valence electrons. The molecule has 0 aromatic rings. The predicted octanol–water partition coefficient (Wildman–Crippen LogP) is 1.98. The van der Waals surface area contributed by atoms with Gasteiger partial charge in [0, 0.05) is 11.1 Å². The first kappa shape index (κ1) is 22.4. The number of nitrogens with zero attached hydrogens (tertiary/aromatic N) is 3. The summed E-state index contributed by atoms with van der Waals surface area (Å²) < 4.78 is 19.8. The Hall–Kier alpha value is -3.32. The van der Waals surface area contributed by atoms with Gasteiger partial charge in [-0.15, -0.1) is 0 Å². The number of rotatable bonds is 6. The lowest BCUT2D eigenvalue weighted by Crippen LogP contribution is -2.40. The van der Waals surface area contributed by atoms with Gasteiger partial charge in [0.15, 0.2) is 6.17 Å². The normalized spacial score (nSPS) is 22.4. The van der Waals surface area contributed by atoms with Crippen molar-refractivity contribution < 1.29 is 33.1 Å². The maximum atomic E-state index is 15.4. The highest BCUT2D eigenvalue weighted by atomic mass is 35.5. The van der Waals surface area contributed by atoms with E-state index in [1.165, 1.54) is 13.2 Å². The lowest BCUT2D eigenvalue weighted by molar-refractivity contribution is -0.142. The van der Waals surface area contributed by atoms with Crippen molar-refractivity contribution in [3.8, 4) is 6.07 Å². The van der Waals surface area contributed by atoms with Crippen LogP contribution in [0.1, 0.15) is 32.1 Å². The lowest BCUT2D eigenvalue weighted by Gasteiger charge is -2.26. The summed E-state index contributed by atoms with van der Waals surface area (Å²) in [7, 11) is 1.18. The summed E-state index contributed by atoms with van der Waals surface area (Å²) >= 11 is 6.07. The number of ketones is 1. The molecule has 0 saturated heterocycles. The molecule has 0 saturated carbocycles. The zero-order valence-corrected chi connectivity index (χ0v) is 17.2. The van der Waals surface area contributed by atoms with Gasteiger partial charge in [0.25, 0.3) is 17.6 Å². The molecule has 2 amide bonds. The summed E-state index contributed by atoms with van der Waals surface area (Å²) in [6, 6.07) is 1.37. The fourth-order valence-electron chi connectivity index (χ4n) is 3.48. The molecule has 2 aliphatic carbocycles. The molecular weight excluding hydrogens is 433 g/mol. The van der Waals surface area contributed by atoms with Gasteiger partial charge in [-0.3, -0.25) is 19.2 Å². The van der Waals surface area contributed by atoms with E-state index in [1.54, 1.807) is 0 Å². The number of hydrogen-bond acceptors (Lipinski definition) is 8. The molecule has 0 fully saturated rings.